The van der Waals surface area contributed by atoms with Gasteiger partial charge in [0.1, 0.15) is 54.1 Å². The molecule has 9 atom stereocenters. The molecule has 430 valence electrons. The van der Waals surface area contributed by atoms with Crippen LogP contribution in [0.1, 0.15) is 90.0 Å². The van der Waals surface area contributed by atoms with Gasteiger partial charge >= 0.3 is 11.9 Å². The number of anilines is 1. The number of carboxylic acids is 2. The van der Waals surface area contributed by atoms with Crippen LogP contribution in [0, 0.1) is 11.8 Å². The van der Waals surface area contributed by atoms with Crippen molar-refractivity contribution in [2.24, 2.45) is 28.3 Å². The summed E-state index contributed by atoms with van der Waals surface area (Å²) in [5.41, 5.74) is 18.3. The quantitative estimate of drug-likeness (QED) is 0.0118. The predicted molar refractivity (Wildman–Crippen MR) is 287 cm³/mol. The van der Waals surface area contributed by atoms with Gasteiger partial charge in [0.25, 0.3) is 0 Å². The third-order valence-electron chi connectivity index (χ3n) is 13.2. The number of hydrogen-bond donors (Lipinski definition) is 14. The molecule has 0 spiro atoms. The van der Waals surface area contributed by atoms with Gasteiger partial charge in [0.05, 0.1) is 18.4 Å². The highest BCUT2D eigenvalue weighted by Crippen LogP contribution is 2.23. The number of H-pyrrole nitrogens is 1. The largest absolute Gasteiger partial charge is 0.506 e. The van der Waals surface area contributed by atoms with Crippen molar-refractivity contribution in [1.29, 1.82) is 0 Å². The number of aliphatic imine (C=N–C) groups is 1. The number of hydrogen-bond acceptors (Lipinski definition) is 14. The predicted octanol–water partition coefficient (Wildman–Crippen LogP) is -1.56. The van der Waals surface area contributed by atoms with E-state index in [2.05, 4.69) is 52.2 Å². The van der Waals surface area contributed by atoms with Gasteiger partial charge in [-0.05, 0) is 60.8 Å². The highest BCUT2D eigenvalue weighted by molar-refractivity contribution is 5.98. The number of imidazole rings is 1. The molecule has 8 amide bonds. The molecular weight excluding hydrogens is 1030 g/mol. The maximum Gasteiger partial charge on any atom is 0.326 e. The summed E-state index contributed by atoms with van der Waals surface area (Å²) in [5, 5.41) is 47.7. The van der Waals surface area contributed by atoms with Crippen molar-refractivity contribution in [2.75, 3.05) is 18.8 Å². The molecule has 0 saturated carbocycles. The van der Waals surface area contributed by atoms with Crippen molar-refractivity contribution in [2.45, 2.75) is 141 Å². The van der Waals surface area contributed by atoms with Crippen LogP contribution in [0.2, 0.25) is 0 Å². The van der Waals surface area contributed by atoms with E-state index in [1.54, 1.807) is 58.0 Å². The number of nitrogens with two attached hydrogens (primary N) is 3. The van der Waals surface area contributed by atoms with Gasteiger partial charge in [0.2, 0.25) is 47.3 Å². The lowest BCUT2D eigenvalue weighted by Gasteiger charge is -2.32. The van der Waals surface area contributed by atoms with Crippen LogP contribution in [0.25, 0.3) is 0 Å². The van der Waals surface area contributed by atoms with E-state index in [0.29, 0.717) is 29.7 Å². The van der Waals surface area contributed by atoms with E-state index in [4.69, 9.17) is 17.2 Å². The number of benzene rings is 2. The van der Waals surface area contributed by atoms with Crippen LogP contribution < -0.4 is 54.4 Å². The first-order valence-electron chi connectivity index (χ1n) is 25.9. The second-order valence-electron chi connectivity index (χ2n) is 19.7. The molecule has 1 fully saturated rings. The van der Waals surface area contributed by atoms with E-state index in [1.165, 1.54) is 35.6 Å². The topological polar surface area (TPSA) is 438 Å². The normalized spacial score (nSPS) is 16.0. The fraction of sp³-hybridized carbons (Fsp3) is 0.500. The number of nitrogens with zero attached hydrogens (tertiary/aromatic N) is 3. The molecule has 0 unspecified atom stereocenters. The molecule has 2 heterocycles. The fourth-order valence-corrected chi connectivity index (χ4v) is 8.75. The zero-order valence-electron chi connectivity index (χ0n) is 44.8. The summed E-state index contributed by atoms with van der Waals surface area (Å²) in [6.45, 7) is 7.81. The number of amides is 8. The molecule has 2 aromatic carbocycles. The van der Waals surface area contributed by atoms with Gasteiger partial charge in [0, 0.05) is 51.2 Å². The zero-order valence-corrected chi connectivity index (χ0v) is 44.8. The standard InChI is InChI=1S/C52H74N14O13/c1-6-28(4)43(49(76)62-37(23-32-25-56-26-58-32)50(77)66-19-11-15-39(66)47(74)63-38(51(78)79)21-30-12-8-7-9-13-30)65-46(73)35(22-31-16-17-40(68)33(53)20-31)61-48(75)42(27(2)3)64-44(71)34(14-10-18-57-52(54)55)60-45(72)36(24-41(69)70)59-29(5)67/h7-9,12-13,16-17,20,25-28,34-39,42-43,68H,6,10-11,14-15,18-19,21-24,53H2,1-5H3,(H,56,58)(H,59,67)(H,60,72)(H,61,75)(H,62,76)(H,63,74)(H,64,71)(H,65,73)(H,69,70)(H,78,79)(H4,54,55,57)/t28-,34-,35-,36-,37-,38-,39-,42-,43-/m0/s1. The van der Waals surface area contributed by atoms with E-state index >= 15 is 0 Å². The number of rotatable bonds is 30. The SMILES string of the molecule is CC[C@H](C)[C@H](NC(=O)[C@H](Cc1ccc(O)c(N)c1)NC(=O)[C@@H](NC(=O)[C@H](CCCN=C(N)N)NC(=O)[C@H](CC(=O)O)NC(C)=O)C(C)C)C(=O)N[C@@H](Cc1cnc[nH]1)C(=O)N1CCC[C@H]1C(=O)N[C@@H](Cc1ccccc1)C(=O)O. The van der Waals surface area contributed by atoms with Crippen LogP contribution in [0.4, 0.5) is 5.69 Å². The van der Waals surface area contributed by atoms with E-state index in [0.717, 1.165) is 6.92 Å². The number of phenols is 1. The number of likely N-dealkylation sites (tertiary alicyclic amines) is 1. The number of nitrogens with one attached hydrogen (secondary N) is 8. The number of aromatic hydroxyl groups is 1. The molecule has 3 aromatic rings. The highest BCUT2D eigenvalue weighted by Gasteiger charge is 2.41. The number of carbonyl (C=O) groups excluding carboxylic acids is 8. The van der Waals surface area contributed by atoms with E-state index in [1.807, 2.05) is 0 Å². The van der Waals surface area contributed by atoms with Crippen molar-refractivity contribution in [1.82, 2.24) is 52.1 Å². The van der Waals surface area contributed by atoms with Gasteiger partial charge in [-0.15, -0.1) is 0 Å². The smallest absolute Gasteiger partial charge is 0.326 e. The number of aliphatic carboxylic acids is 2. The molecule has 79 heavy (non-hydrogen) atoms. The van der Waals surface area contributed by atoms with Crippen LogP contribution in [-0.4, -0.2) is 157 Å². The van der Waals surface area contributed by atoms with Crippen LogP contribution >= 0.6 is 0 Å². The third kappa shape index (κ3) is 19.6. The molecule has 1 saturated heterocycles. The Morgan fingerprint density at radius 1 is 0.747 bits per heavy atom. The summed E-state index contributed by atoms with van der Waals surface area (Å²) in [6.07, 6.45) is 2.48. The minimum Gasteiger partial charge on any atom is -0.506 e. The van der Waals surface area contributed by atoms with Crippen LogP contribution in [0.15, 0.2) is 66.0 Å². The highest BCUT2D eigenvalue weighted by atomic mass is 16.4. The second kappa shape index (κ2) is 30.2. The number of carbonyl (C=O) groups is 10. The van der Waals surface area contributed by atoms with E-state index in [9.17, 15) is 63.3 Å². The van der Waals surface area contributed by atoms with Crippen LogP contribution in [0.5, 0.6) is 5.75 Å². The van der Waals surface area contributed by atoms with Gasteiger partial charge < -0.3 is 79.6 Å². The molecule has 1 aliphatic heterocycles. The number of aromatic amines is 1. The Hall–Kier alpha value is -8.78. The Labute approximate surface area is 456 Å². The molecule has 0 aliphatic carbocycles. The minimum atomic E-state index is -1.58. The van der Waals surface area contributed by atoms with Crippen molar-refractivity contribution in [3.05, 3.63) is 77.9 Å². The molecule has 27 heteroatoms. The summed E-state index contributed by atoms with van der Waals surface area (Å²) in [6, 6.07) is 1.79. The first-order valence-corrected chi connectivity index (χ1v) is 25.9. The maximum atomic E-state index is 14.7. The van der Waals surface area contributed by atoms with Crippen molar-refractivity contribution in [3.8, 4) is 5.75 Å². The van der Waals surface area contributed by atoms with Crippen molar-refractivity contribution in [3.63, 3.8) is 0 Å². The number of carboxylic acid groups (broad SMARTS) is 2. The number of nitrogen functional groups attached to an aromatic ring is 1. The Morgan fingerprint density at radius 3 is 1.96 bits per heavy atom. The second-order valence-corrected chi connectivity index (χ2v) is 19.7. The van der Waals surface area contributed by atoms with Crippen molar-refractivity contribution >= 4 is 70.8 Å². The van der Waals surface area contributed by atoms with E-state index in [-0.39, 0.29) is 69.0 Å². The number of aromatic nitrogens is 2. The number of guanidine groups is 1. The van der Waals surface area contributed by atoms with E-state index < -0.39 is 126 Å². The lowest BCUT2D eigenvalue weighted by molar-refractivity contribution is -0.145. The zero-order chi connectivity index (χ0) is 58.5. The monoisotopic (exact) mass is 1100 g/mol. The van der Waals surface area contributed by atoms with Gasteiger partial charge in [-0.2, -0.15) is 0 Å². The maximum absolute atomic E-state index is 14.7. The Kier molecular flexibility index (Phi) is 24.0. The summed E-state index contributed by atoms with van der Waals surface area (Å²) >= 11 is 0. The third-order valence-corrected chi connectivity index (χ3v) is 13.2. The molecule has 0 radical (unpaired) electrons. The average Bonchev–Trinajstić information content (AvgIpc) is 4.11. The van der Waals surface area contributed by atoms with Crippen LogP contribution in [-0.2, 0) is 67.2 Å². The van der Waals surface area contributed by atoms with Gasteiger partial charge in [-0.25, -0.2) is 9.78 Å². The van der Waals surface area contributed by atoms with Gasteiger partial charge in [0.15, 0.2) is 5.96 Å². The molecule has 1 aliphatic rings. The lowest BCUT2D eigenvalue weighted by Crippen LogP contribution is -2.62. The molecule has 0 bridgehead atoms. The Balaban J connectivity index is 1.62. The molecule has 17 N–H and O–H groups in total. The summed E-state index contributed by atoms with van der Waals surface area (Å²) in [5.74, 6) is -11.1. The molecular formula is C52H74N14O13. The molecule has 1 aromatic heterocycles. The van der Waals surface area contributed by atoms with Gasteiger partial charge in [-0.3, -0.25) is 48.1 Å². The molecule has 27 nitrogen and oxygen atoms in total. The van der Waals surface area contributed by atoms with Gasteiger partial charge in [-0.1, -0.05) is 70.5 Å². The number of phenolic OH excluding ortho intramolecular Hbond substituents is 1. The minimum absolute atomic E-state index is 0.0137. The summed E-state index contributed by atoms with van der Waals surface area (Å²) < 4.78 is 0. The Morgan fingerprint density at radius 2 is 1.37 bits per heavy atom. The summed E-state index contributed by atoms with van der Waals surface area (Å²) in [7, 11) is 0. The molecule has 4 rings (SSSR count). The van der Waals surface area contributed by atoms with Crippen molar-refractivity contribution < 1.29 is 63.3 Å². The average molecular weight is 1100 g/mol. The van der Waals surface area contributed by atoms with Crippen LogP contribution in [0.3, 0.4) is 0 Å². The fourth-order valence-electron chi connectivity index (χ4n) is 8.75. The first-order chi connectivity index (χ1) is 37.4. The summed E-state index contributed by atoms with van der Waals surface area (Å²) in [4.78, 5) is 147. The Bertz CT molecular complexity index is 2630. The first kappa shape index (κ1) is 62.8. The lowest BCUT2D eigenvalue weighted by atomic mass is 9.96.